The number of hydrogen-bond acceptors (Lipinski definition) is 2. The maximum absolute atomic E-state index is 11.8. The van der Waals surface area contributed by atoms with Crippen molar-refractivity contribution in [3.63, 3.8) is 0 Å². The lowest BCUT2D eigenvalue weighted by atomic mass is 9.85. The van der Waals surface area contributed by atoms with Crippen LogP contribution < -0.4 is 0 Å². The SMILES string of the molecule is CCC(CC)CC(=O)C(O)(CC)CC. The third kappa shape index (κ3) is 3.41. The van der Waals surface area contributed by atoms with Crippen LogP contribution in [0.1, 0.15) is 59.8 Å². The number of carbonyl (C=O) groups is 1. The lowest BCUT2D eigenvalue weighted by Crippen LogP contribution is -2.38. The maximum Gasteiger partial charge on any atom is 0.164 e. The highest BCUT2D eigenvalue weighted by atomic mass is 16.3. The van der Waals surface area contributed by atoms with Gasteiger partial charge in [0.25, 0.3) is 0 Å². The van der Waals surface area contributed by atoms with Gasteiger partial charge < -0.3 is 5.11 Å². The summed E-state index contributed by atoms with van der Waals surface area (Å²) in [6, 6.07) is 0. The van der Waals surface area contributed by atoms with Crippen molar-refractivity contribution in [2.75, 3.05) is 0 Å². The van der Waals surface area contributed by atoms with Crippen LogP contribution in [0.3, 0.4) is 0 Å². The zero-order valence-corrected chi connectivity index (χ0v) is 9.97. The van der Waals surface area contributed by atoms with Gasteiger partial charge in [-0.25, -0.2) is 0 Å². The molecule has 0 rings (SSSR count). The Morgan fingerprint density at radius 3 is 1.86 bits per heavy atom. The topological polar surface area (TPSA) is 37.3 Å². The van der Waals surface area contributed by atoms with Gasteiger partial charge in [0.15, 0.2) is 5.78 Å². The van der Waals surface area contributed by atoms with Gasteiger partial charge in [-0.15, -0.1) is 0 Å². The summed E-state index contributed by atoms with van der Waals surface area (Å²) in [7, 11) is 0. The number of ketones is 1. The van der Waals surface area contributed by atoms with Crippen LogP contribution in [0.5, 0.6) is 0 Å². The first-order chi connectivity index (χ1) is 6.53. The fourth-order valence-electron chi connectivity index (χ4n) is 1.67. The lowest BCUT2D eigenvalue weighted by molar-refractivity contribution is -0.139. The zero-order valence-electron chi connectivity index (χ0n) is 9.97. The molecule has 0 aliphatic rings. The van der Waals surface area contributed by atoms with E-state index in [0.717, 1.165) is 12.8 Å². The summed E-state index contributed by atoms with van der Waals surface area (Å²) >= 11 is 0. The molecule has 0 fully saturated rings. The lowest BCUT2D eigenvalue weighted by Gasteiger charge is -2.25. The van der Waals surface area contributed by atoms with Crippen LogP contribution in [-0.2, 0) is 4.79 Å². The molecular weight excluding hydrogens is 176 g/mol. The third-order valence-corrected chi connectivity index (χ3v) is 3.32. The molecule has 14 heavy (non-hydrogen) atoms. The van der Waals surface area contributed by atoms with Gasteiger partial charge in [0.05, 0.1) is 0 Å². The van der Waals surface area contributed by atoms with E-state index in [4.69, 9.17) is 0 Å². The molecule has 0 aromatic rings. The Bertz CT molecular complexity index is 167. The minimum Gasteiger partial charge on any atom is -0.382 e. The van der Waals surface area contributed by atoms with Crippen LogP contribution in [0.15, 0.2) is 0 Å². The first-order valence-electron chi connectivity index (χ1n) is 5.79. The molecule has 0 atom stereocenters. The quantitative estimate of drug-likeness (QED) is 0.686. The second kappa shape index (κ2) is 6.18. The fraction of sp³-hybridized carbons (Fsp3) is 0.917. The normalized spacial score (nSPS) is 12.1. The average molecular weight is 200 g/mol. The minimum absolute atomic E-state index is 0.0243. The third-order valence-electron chi connectivity index (χ3n) is 3.32. The van der Waals surface area contributed by atoms with E-state index in [9.17, 15) is 9.90 Å². The van der Waals surface area contributed by atoms with Crippen molar-refractivity contribution in [2.24, 2.45) is 5.92 Å². The van der Waals surface area contributed by atoms with Gasteiger partial charge in [-0.1, -0.05) is 40.5 Å². The summed E-state index contributed by atoms with van der Waals surface area (Å²) in [5, 5.41) is 9.99. The van der Waals surface area contributed by atoms with Crippen molar-refractivity contribution in [2.45, 2.75) is 65.4 Å². The van der Waals surface area contributed by atoms with Gasteiger partial charge in [-0.05, 0) is 18.8 Å². The van der Waals surface area contributed by atoms with Crippen molar-refractivity contribution < 1.29 is 9.90 Å². The Hall–Kier alpha value is -0.370. The second-order valence-corrected chi connectivity index (χ2v) is 4.05. The van der Waals surface area contributed by atoms with Crippen molar-refractivity contribution >= 4 is 5.78 Å². The van der Waals surface area contributed by atoms with Crippen LogP contribution in [0.4, 0.5) is 0 Å². The van der Waals surface area contributed by atoms with E-state index in [0.29, 0.717) is 25.2 Å². The molecule has 2 nitrogen and oxygen atoms in total. The van der Waals surface area contributed by atoms with Crippen molar-refractivity contribution in [1.82, 2.24) is 0 Å². The molecule has 84 valence electrons. The first kappa shape index (κ1) is 13.6. The van der Waals surface area contributed by atoms with Gasteiger partial charge in [0.2, 0.25) is 0 Å². The van der Waals surface area contributed by atoms with Gasteiger partial charge in [-0.2, -0.15) is 0 Å². The van der Waals surface area contributed by atoms with Gasteiger partial charge in [0.1, 0.15) is 5.60 Å². The number of Topliss-reactive ketones (excluding diaryl/α,β-unsaturated/α-hetero) is 1. The molecule has 0 saturated heterocycles. The highest BCUT2D eigenvalue weighted by molar-refractivity contribution is 5.87. The van der Waals surface area contributed by atoms with Crippen LogP contribution in [0.2, 0.25) is 0 Å². The molecule has 0 aromatic carbocycles. The van der Waals surface area contributed by atoms with Crippen molar-refractivity contribution in [3.05, 3.63) is 0 Å². The molecule has 0 bridgehead atoms. The minimum atomic E-state index is -1.07. The van der Waals surface area contributed by atoms with Crippen LogP contribution >= 0.6 is 0 Å². The molecule has 0 heterocycles. The zero-order chi connectivity index (χ0) is 11.2. The van der Waals surface area contributed by atoms with Crippen molar-refractivity contribution in [1.29, 1.82) is 0 Å². The van der Waals surface area contributed by atoms with Crippen molar-refractivity contribution in [3.8, 4) is 0 Å². The number of hydrogen-bond donors (Lipinski definition) is 1. The Balaban J connectivity index is 4.30. The first-order valence-corrected chi connectivity index (χ1v) is 5.79. The van der Waals surface area contributed by atoms with E-state index in [-0.39, 0.29) is 5.78 Å². The van der Waals surface area contributed by atoms with Crippen LogP contribution in [0, 0.1) is 5.92 Å². The number of carbonyl (C=O) groups excluding carboxylic acids is 1. The molecule has 0 saturated carbocycles. The van der Waals surface area contributed by atoms with Gasteiger partial charge >= 0.3 is 0 Å². The van der Waals surface area contributed by atoms with E-state index in [1.165, 1.54) is 0 Å². The average Bonchev–Trinajstić information content (AvgIpc) is 2.24. The number of aliphatic hydroxyl groups is 1. The Kier molecular flexibility index (Phi) is 6.01. The molecule has 0 aliphatic carbocycles. The van der Waals surface area contributed by atoms with E-state index >= 15 is 0 Å². The molecule has 0 aromatic heterocycles. The molecule has 0 unspecified atom stereocenters. The van der Waals surface area contributed by atoms with Gasteiger partial charge in [0, 0.05) is 6.42 Å². The summed E-state index contributed by atoms with van der Waals surface area (Å²) in [5.41, 5.74) is -1.07. The summed E-state index contributed by atoms with van der Waals surface area (Å²) < 4.78 is 0. The van der Waals surface area contributed by atoms with Crippen LogP contribution in [-0.4, -0.2) is 16.5 Å². The molecule has 2 heteroatoms. The highest BCUT2D eigenvalue weighted by Crippen LogP contribution is 2.22. The molecule has 0 spiro atoms. The monoisotopic (exact) mass is 200 g/mol. The van der Waals surface area contributed by atoms with E-state index < -0.39 is 5.60 Å². The molecule has 0 aliphatic heterocycles. The molecular formula is C12H24O2. The maximum atomic E-state index is 11.8. The van der Waals surface area contributed by atoms with E-state index in [2.05, 4.69) is 13.8 Å². The standard InChI is InChI=1S/C12H24O2/c1-5-10(6-2)9-11(13)12(14,7-3)8-4/h10,14H,5-9H2,1-4H3. The summed E-state index contributed by atoms with van der Waals surface area (Å²) in [6.07, 6.45) is 3.63. The summed E-state index contributed by atoms with van der Waals surface area (Å²) in [6.45, 7) is 7.93. The largest absolute Gasteiger partial charge is 0.382 e. The molecule has 0 amide bonds. The molecule has 0 radical (unpaired) electrons. The fourth-order valence-corrected chi connectivity index (χ4v) is 1.67. The Morgan fingerprint density at radius 2 is 1.57 bits per heavy atom. The second-order valence-electron chi connectivity index (χ2n) is 4.05. The summed E-state index contributed by atoms with van der Waals surface area (Å²) in [4.78, 5) is 11.8. The smallest absolute Gasteiger partial charge is 0.164 e. The predicted octanol–water partition coefficient (Wildman–Crippen LogP) is 2.93. The van der Waals surface area contributed by atoms with Crippen LogP contribution in [0.25, 0.3) is 0 Å². The number of rotatable bonds is 7. The van der Waals surface area contributed by atoms with Gasteiger partial charge in [-0.3, -0.25) is 4.79 Å². The molecule has 1 N–H and O–H groups in total. The predicted molar refractivity (Wildman–Crippen MR) is 59.2 cm³/mol. The van der Waals surface area contributed by atoms with E-state index in [1.807, 2.05) is 13.8 Å². The highest BCUT2D eigenvalue weighted by Gasteiger charge is 2.32. The Morgan fingerprint density at radius 1 is 1.14 bits per heavy atom. The Labute approximate surface area is 87.7 Å². The summed E-state index contributed by atoms with van der Waals surface area (Å²) in [5.74, 6) is 0.461. The van der Waals surface area contributed by atoms with E-state index in [1.54, 1.807) is 0 Å².